The number of carbonyl (C=O) groups is 1. The average molecular weight is 348 g/mol. The summed E-state index contributed by atoms with van der Waals surface area (Å²) < 4.78 is 38.9. The number of nitriles is 1. The molecule has 0 saturated carbocycles. The fourth-order valence-electron chi connectivity index (χ4n) is 1.80. The van der Waals surface area contributed by atoms with Gasteiger partial charge in [0, 0.05) is 6.42 Å². The van der Waals surface area contributed by atoms with Crippen molar-refractivity contribution in [3.63, 3.8) is 0 Å². The summed E-state index contributed by atoms with van der Waals surface area (Å²) in [6.45, 7) is 1.83. The third-order valence-electron chi connectivity index (χ3n) is 2.79. The van der Waals surface area contributed by atoms with Gasteiger partial charge in [0.2, 0.25) is 0 Å². The van der Waals surface area contributed by atoms with Crippen molar-refractivity contribution in [3.05, 3.63) is 34.9 Å². The molecule has 0 aliphatic heterocycles. The summed E-state index contributed by atoms with van der Waals surface area (Å²) in [5, 5.41) is 8.68. The molecule has 0 heterocycles. The van der Waals surface area contributed by atoms with Crippen LogP contribution in [0.25, 0.3) is 0 Å². The van der Waals surface area contributed by atoms with Gasteiger partial charge in [-0.3, -0.25) is 4.79 Å². The molecule has 1 atom stereocenters. The topological polar surface area (TPSA) is 40.9 Å². The van der Waals surface area contributed by atoms with Crippen LogP contribution in [0.15, 0.2) is 18.2 Å². The van der Waals surface area contributed by atoms with Gasteiger partial charge in [0.1, 0.15) is 5.78 Å². The van der Waals surface area contributed by atoms with Crippen LogP contribution in [0.2, 0.25) is 0 Å². The zero-order valence-corrected chi connectivity index (χ0v) is 12.4. The molecule has 1 aromatic carbocycles. The third kappa shape index (κ3) is 4.34. The smallest absolute Gasteiger partial charge is 0.298 e. The van der Waals surface area contributed by atoms with Crippen LogP contribution in [0.5, 0.6) is 0 Å². The van der Waals surface area contributed by atoms with Crippen LogP contribution < -0.4 is 0 Å². The quantitative estimate of drug-likeness (QED) is 0.747. The number of benzene rings is 1. The minimum absolute atomic E-state index is 0.0165. The monoisotopic (exact) mass is 347 g/mol. The molecule has 0 N–H and O–H groups in total. The number of carbonyl (C=O) groups excluding carboxylic acids is 1. The van der Waals surface area contributed by atoms with Gasteiger partial charge in [-0.15, -0.1) is 0 Å². The fourth-order valence-corrected chi connectivity index (χ4v) is 2.38. The SMILES string of the molecule is CCCC(=O)C(Br)Cc1ccc(C#N)cc1C(F)(F)F. The number of halogens is 4. The molecule has 0 fully saturated rings. The maximum Gasteiger partial charge on any atom is 0.416 e. The largest absolute Gasteiger partial charge is 0.416 e. The van der Waals surface area contributed by atoms with Gasteiger partial charge < -0.3 is 0 Å². The minimum Gasteiger partial charge on any atom is -0.298 e. The summed E-state index contributed by atoms with van der Waals surface area (Å²) in [5.74, 6) is -0.120. The van der Waals surface area contributed by atoms with Crippen LogP contribution >= 0.6 is 15.9 Å². The van der Waals surface area contributed by atoms with Gasteiger partial charge >= 0.3 is 6.18 Å². The average Bonchev–Trinajstić information content (AvgIpc) is 2.38. The highest BCUT2D eigenvalue weighted by Crippen LogP contribution is 2.34. The van der Waals surface area contributed by atoms with Gasteiger partial charge in [0.05, 0.1) is 22.0 Å². The first-order chi connectivity index (χ1) is 9.29. The Morgan fingerprint density at radius 3 is 2.60 bits per heavy atom. The second-order valence-corrected chi connectivity index (χ2v) is 5.47. The summed E-state index contributed by atoms with van der Waals surface area (Å²) >= 11 is 3.14. The van der Waals surface area contributed by atoms with E-state index < -0.39 is 16.6 Å². The van der Waals surface area contributed by atoms with E-state index in [0.717, 1.165) is 6.07 Å². The van der Waals surface area contributed by atoms with E-state index in [2.05, 4.69) is 15.9 Å². The maximum atomic E-state index is 13.0. The molecule has 1 aromatic rings. The molecule has 2 nitrogen and oxygen atoms in total. The lowest BCUT2D eigenvalue weighted by Crippen LogP contribution is -2.19. The van der Waals surface area contributed by atoms with Gasteiger partial charge in [0.15, 0.2) is 0 Å². The zero-order valence-electron chi connectivity index (χ0n) is 10.8. The maximum absolute atomic E-state index is 13.0. The van der Waals surface area contributed by atoms with Crippen LogP contribution in [0.3, 0.4) is 0 Å². The minimum atomic E-state index is -4.54. The lowest BCUT2D eigenvalue weighted by Gasteiger charge is -2.15. The van der Waals surface area contributed by atoms with Crippen molar-refractivity contribution in [2.24, 2.45) is 0 Å². The molecule has 0 bridgehead atoms. The predicted molar refractivity (Wildman–Crippen MR) is 72.5 cm³/mol. The van der Waals surface area contributed by atoms with Crippen molar-refractivity contribution in [1.82, 2.24) is 0 Å². The molecule has 0 saturated heterocycles. The van der Waals surface area contributed by atoms with E-state index in [-0.39, 0.29) is 23.3 Å². The van der Waals surface area contributed by atoms with Crippen molar-refractivity contribution in [1.29, 1.82) is 5.26 Å². The lowest BCUT2D eigenvalue weighted by molar-refractivity contribution is -0.138. The number of nitrogens with zero attached hydrogens (tertiary/aromatic N) is 1. The Labute approximate surface area is 123 Å². The molecule has 0 spiro atoms. The second-order valence-electron chi connectivity index (χ2n) is 4.37. The Bertz CT molecular complexity index is 534. The Balaban J connectivity index is 3.07. The molecule has 0 aromatic heterocycles. The van der Waals surface area contributed by atoms with Crippen molar-refractivity contribution in [2.45, 2.75) is 37.2 Å². The summed E-state index contributed by atoms with van der Waals surface area (Å²) in [6.07, 6.45) is -3.60. The highest BCUT2D eigenvalue weighted by molar-refractivity contribution is 9.10. The number of Topliss-reactive ketones (excluding diaryl/α,β-unsaturated/α-hetero) is 1. The van der Waals surface area contributed by atoms with Crippen LogP contribution in [0.1, 0.15) is 36.5 Å². The first-order valence-corrected chi connectivity index (χ1v) is 6.98. The molecule has 6 heteroatoms. The molecule has 20 heavy (non-hydrogen) atoms. The number of hydrogen-bond acceptors (Lipinski definition) is 2. The van der Waals surface area contributed by atoms with Gasteiger partial charge in [-0.2, -0.15) is 18.4 Å². The molecule has 0 aliphatic rings. The van der Waals surface area contributed by atoms with Crippen molar-refractivity contribution < 1.29 is 18.0 Å². The first-order valence-electron chi connectivity index (χ1n) is 6.06. The normalized spacial score (nSPS) is 12.8. The fraction of sp³-hybridized carbons (Fsp3) is 0.429. The van der Waals surface area contributed by atoms with E-state index in [1.165, 1.54) is 12.1 Å². The summed E-state index contributed by atoms with van der Waals surface area (Å²) in [7, 11) is 0. The van der Waals surface area contributed by atoms with E-state index in [9.17, 15) is 18.0 Å². The standard InChI is InChI=1S/C14H13BrF3NO/c1-2-3-13(20)12(15)7-10-5-4-9(8-19)6-11(10)14(16,17)18/h4-6,12H,2-3,7H2,1H3. The Morgan fingerprint density at radius 2 is 2.10 bits per heavy atom. The molecular weight excluding hydrogens is 335 g/mol. The van der Waals surface area contributed by atoms with Crippen LogP contribution in [-0.2, 0) is 17.4 Å². The second kappa shape index (κ2) is 6.89. The first kappa shape index (κ1) is 16.7. The van der Waals surface area contributed by atoms with Gasteiger partial charge in [-0.25, -0.2) is 0 Å². The summed E-state index contributed by atoms with van der Waals surface area (Å²) in [4.78, 5) is 11.0. The molecule has 0 amide bonds. The summed E-state index contributed by atoms with van der Waals surface area (Å²) in [6, 6.07) is 5.09. The molecule has 1 rings (SSSR count). The Morgan fingerprint density at radius 1 is 1.45 bits per heavy atom. The van der Waals surface area contributed by atoms with Crippen molar-refractivity contribution >= 4 is 21.7 Å². The van der Waals surface area contributed by atoms with Crippen LogP contribution in [0, 0.1) is 11.3 Å². The van der Waals surface area contributed by atoms with Crippen LogP contribution in [0.4, 0.5) is 13.2 Å². The van der Waals surface area contributed by atoms with E-state index in [1.54, 1.807) is 6.07 Å². The van der Waals surface area contributed by atoms with E-state index in [0.29, 0.717) is 12.8 Å². The Hall–Kier alpha value is -1.35. The molecule has 108 valence electrons. The molecule has 1 unspecified atom stereocenters. The zero-order chi connectivity index (χ0) is 15.3. The molecule has 0 aliphatic carbocycles. The van der Waals surface area contributed by atoms with Crippen molar-refractivity contribution in [3.8, 4) is 6.07 Å². The predicted octanol–water partition coefficient (Wildman–Crippen LogP) is 4.25. The summed E-state index contributed by atoms with van der Waals surface area (Å²) in [5.41, 5.74) is -0.889. The van der Waals surface area contributed by atoms with Gasteiger partial charge in [-0.05, 0) is 30.5 Å². The number of rotatable bonds is 5. The number of hydrogen-bond donors (Lipinski definition) is 0. The molecular formula is C14H13BrF3NO. The van der Waals surface area contributed by atoms with E-state index >= 15 is 0 Å². The van der Waals surface area contributed by atoms with E-state index in [1.807, 2.05) is 6.92 Å². The number of ketones is 1. The highest BCUT2D eigenvalue weighted by Gasteiger charge is 2.34. The molecule has 0 radical (unpaired) electrons. The van der Waals surface area contributed by atoms with E-state index in [4.69, 9.17) is 5.26 Å². The highest BCUT2D eigenvalue weighted by atomic mass is 79.9. The van der Waals surface area contributed by atoms with Crippen molar-refractivity contribution in [2.75, 3.05) is 0 Å². The van der Waals surface area contributed by atoms with Crippen LogP contribution in [-0.4, -0.2) is 10.6 Å². The third-order valence-corrected chi connectivity index (χ3v) is 3.62. The number of alkyl halides is 4. The Kier molecular flexibility index (Phi) is 5.75. The van der Waals surface area contributed by atoms with Gasteiger partial charge in [-0.1, -0.05) is 28.9 Å². The van der Waals surface area contributed by atoms with Gasteiger partial charge in [0.25, 0.3) is 0 Å². The lowest BCUT2D eigenvalue weighted by atomic mass is 9.98.